The number of ether oxygens (including phenoxy) is 2. The van der Waals surface area contributed by atoms with Crippen molar-refractivity contribution in [3.63, 3.8) is 0 Å². The maximum Gasteiger partial charge on any atom is 0.248 e. The monoisotopic (exact) mass is 643 g/mol. The highest BCUT2D eigenvalue weighted by Gasteiger charge is 2.79. The van der Waals surface area contributed by atoms with E-state index in [2.05, 4.69) is 20.1 Å². The molecule has 5 rings (SSSR count). The van der Waals surface area contributed by atoms with Crippen molar-refractivity contribution in [1.29, 1.82) is 0 Å². The van der Waals surface area contributed by atoms with Gasteiger partial charge in [0.2, 0.25) is 17.7 Å². The Morgan fingerprint density at radius 1 is 1.04 bits per heavy atom. The number of nitrogens with zero attached hydrogens (tertiary/aromatic N) is 3. The van der Waals surface area contributed by atoms with Crippen molar-refractivity contribution in [3.05, 3.63) is 85.5 Å². The zero-order chi connectivity index (χ0) is 33.8. The van der Waals surface area contributed by atoms with Gasteiger partial charge in [-0.05, 0) is 62.9 Å². The molecule has 3 amide bonds. The third kappa shape index (κ3) is 6.11. The lowest BCUT2D eigenvalue weighted by molar-refractivity contribution is -0.154. The summed E-state index contributed by atoms with van der Waals surface area (Å²) in [5.74, 6) is -1.90. The molecule has 0 saturated carbocycles. The average molecular weight is 644 g/mol. The average Bonchev–Trinajstić information content (AvgIpc) is 3.65. The molecule has 3 saturated heterocycles. The van der Waals surface area contributed by atoms with Gasteiger partial charge in [-0.2, -0.15) is 0 Å². The van der Waals surface area contributed by atoms with Crippen molar-refractivity contribution < 1.29 is 29.0 Å². The van der Waals surface area contributed by atoms with Crippen LogP contribution in [0.25, 0.3) is 0 Å². The minimum absolute atomic E-state index is 0.229. The Bertz CT molecular complexity index is 1450. The van der Waals surface area contributed by atoms with Gasteiger partial charge >= 0.3 is 0 Å². The maximum absolute atomic E-state index is 14.9. The molecule has 6 atom stereocenters. The normalized spacial score (nSPS) is 26.5. The highest BCUT2D eigenvalue weighted by Crippen LogP contribution is 2.64. The van der Waals surface area contributed by atoms with Crippen LogP contribution in [0.4, 0.5) is 5.69 Å². The van der Waals surface area contributed by atoms with Crippen LogP contribution < -0.4 is 9.64 Å². The van der Waals surface area contributed by atoms with Gasteiger partial charge in [0, 0.05) is 25.3 Å². The molecular weight excluding hydrogens is 594 g/mol. The van der Waals surface area contributed by atoms with Crippen molar-refractivity contribution in [2.45, 2.75) is 76.2 Å². The molecule has 0 aromatic heterocycles. The van der Waals surface area contributed by atoms with E-state index in [9.17, 15) is 19.5 Å². The van der Waals surface area contributed by atoms with Gasteiger partial charge in [0.05, 0.1) is 36.7 Å². The summed E-state index contributed by atoms with van der Waals surface area (Å²) in [5.41, 5.74) is -0.821. The Kier molecular flexibility index (Phi) is 10.6. The molecule has 3 heterocycles. The Morgan fingerprint density at radius 3 is 2.36 bits per heavy atom. The smallest absolute Gasteiger partial charge is 0.248 e. The van der Waals surface area contributed by atoms with E-state index in [-0.39, 0.29) is 30.9 Å². The molecule has 0 aliphatic carbocycles. The largest absolute Gasteiger partial charge is 0.494 e. The SMILES string of the molecule is C=CCN(CCCCC)C(=O)C1N([C@H](CO)c2ccccc2)C(=O)[C@@H]2[C@@H](C(=O)N(CC=C)c3ccc(OCC)cc3)[C@@]3(C)CCC12O3. The lowest BCUT2D eigenvalue weighted by atomic mass is 9.66. The number of benzene rings is 2. The number of hydrogen-bond donors (Lipinski definition) is 1. The summed E-state index contributed by atoms with van der Waals surface area (Å²) in [6, 6.07) is 14.8. The highest BCUT2D eigenvalue weighted by atomic mass is 16.5. The number of aliphatic hydroxyl groups is 1. The molecule has 0 radical (unpaired) electrons. The molecule has 1 spiro atoms. The van der Waals surface area contributed by atoms with Crippen molar-refractivity contribution in [2.24, 2.45) is 11.8 Å². The van der Waals surface area contributed by atoms with E-state index in [1.54, 1.807) is 22.0 Å². The second-order valence-electron chi connectivity index (χ2n) is 13.0. The van der Waals surface area contributed by atoms with Crippen LogP contribution in [0.2, 0.25) is 0 Å². The predicted molar refractivity (Wildman–Crippen MR) is 182 cm³/mol. The minimum atomic E-state index is -1.23. The number of rotatable bonds is 16. The number of amides is 3. The van der Waals surface area contributed by atoms with E-state index in [1.165, 1.54) is 4.90 Å². The number of anilines is 1. The number of fused-ring (bicyclic) bond motifs is 1. The summed E-state index contributed by atoms with van der Waals surface area (Å²) in [5, 5.41) is 10.8. The van der Waals surface area contributed by atoms with E-state index in [4.69, 9.17) is 9.47 Å². The van der Waals surface area contributed by atoms with Crippen LogP contribution >= 0.6 is 0 Å². The molecule has 2 unspecified atom stereocenters. The summed E-state index contributed by atoms with van der Waals surface area (Å²) < 4.78 is 12.5. The minimum Gasteiger partial charge on any atom is -0.494 e. The predicted octanol–water partition coefficient (Wildman–Crippen LogP) is 5.31. The van der Waals surface area contributed by atoms with Crippen LogP contribution in [0.1, 0.15) is 64.5 Å². The molecule has 9 heteroatoms. The maximum atomic E-state index is 14.9. The first kappa shape index (κ1) is 34.4. The van der Waals surface area contributed by atoms with Gasteiger partial charge in [-0.25, -0.2) is 0 Å². The van der Waals surface area contributed by atoms with Crippen molar-refractivity contribution >= 4 is 23.4 Å². The summed E-state index contributed by atoms with van der Waals surface area (Å²) in [6.07, 6.45) is 7.10. The fraction of sp³-hybridized carbons (Fsp3) is 0.500. The van der Waals surface area contributed by atoms with Crippen molar-refractivity contribution in [3.8, 4) is 5.75 Å². The van der Waals surface area contributed by atoms with Crippen LogP contribution in [-0.4, -0.2) is 82.7 Å². The lowest BCUT2D eigenvalue weighted by Crippen LogP contribution is -2.57. The van der Waals surface area contributed by atoms with Crippen LogP contribution in [0.3, 0.4) is 0 Å². The second-order valence-corrected chi connectivity index (χ2v) is 13.0. The van der Waals surface area contributed by atoms with Gasteiger partial charge in [0.15, 0.2) is 0 Å². The van der Waals surface area contributed by atoms with Crippen molar-refractivity contribution in [2.75, 3.05) is 37.7 Å². The molecule has 3 aliphatic rings. The molecule has 252 valence electrons. The molecular formula is C38H49N3O6. The van der Waals surface area contributed by atoms with Gasteiger partial charge in [0.1, 0.15) is 17.4 Å². The number of aliphatic hydroxyl groups excluding tert-OH is 1. The van der Waals surface area contributed by atoms with E-state index in [0.29, 0.717) is 49.5 Å². The Balaban J connectivity index is 1.60. The molecule has 2 aromatic rings. The third-order valence-corrected chi connectivity index (χ3v) is 10.1. The quantitative estimate of drug-likeness (QED) is 0.197. The summed E-state index contributed by atoms with van der Waals surface area (Å²) in [7, 11) is 0. The number of unbranched alkanes of at least 4 members (excludes halogenated alkanes) is 2. The zero-order valence-corrected chi connectivity index (χ0v) is 28.0. The van der Waals surface area contributed by atoms with Crippen LogP contribution in [0.5, 0.6) is 5.75 Å². The fourth-order valence-corrected chi connectivity index (χ4v) is 8.07. The molecule has 2 bridgehead atoms. The molecule has 9 nitrogen and oxygen atoms in total. The molecule has 3 aliphatic heterocycles. The third-order valence-electron chi connectivity index (χ3n) is 10.1. The second kappa shape index (κ2) is 14.4. The molecule has 47 heavy (non-hydrogen) atoms. The molecule has 2 aromatic carbocycles. The zero-order valence-electron chi connectivity index (χ0n) is 28.0. The number of carbonyl (C=O) groups is 3. The first-order chi connectivity index (χ1) is 22.7. The van der Waals surface area contributed by atoms with Gasteiger partial charge in [0.25, 0.3) is 0 Å². The number of carbonyl (C=O) groups excluding carboxylic acids is 3. The summed E-state index contributed by atoms with van der Waals surface area (Å²) in [6.45, 7) is 14.9. The van der Waals surface area contributed by atoms with Gasteiger partial charge in [-0.3, -0.25) is 14.4 Å². The van der Waals surface area contributed by atoms with Crippen LogP contribution in [0.15, 0.2) is 79.9 Å². The topological polar surface area (TPSA) is 99.6 Å². The fourth-order valence-electron chi connectivity index (χ4n) is 8.07. The van der Waals surface area contributed by atoms with Crippen LogP contribution in [0, 0.1) is 11.8 Å². The van der Waals surface area contributed by atoms with E-state index < -0.39 is 35.1 Å². The van der Waals surface area contributed by atoms with Gasteiger partial charge < -0.3 is 29.3 Å². The Labute approximate surface area is 278 Å². The Hall–Kier alpha value is -3.95. The summed E-state index contributed by atoms with van der Waals surface area (Å²) in [4.78, 5) is 49.4. The first-order valence-corrected chi connectivity index (χ1v) is 16.9. The first-order valence-electron chi connectivity index (χ1n) is 16.9. The number of hydrogen-bond acceptors (Lipinski definition) is 6. The van der Waals surface area contributed by atoms with E-state index in [1.807, 2.05) is 68.4 Å². The van der Waals surface area contributed by atoms with Crippen LogP contribution in [-0.2, 0) is 19.1 Å². The van der Waals surface area contributed by atoms with Gasteiger partial charge in [-0.1, -0.05) is 62.2 Å². The lowest BCUT2D eigenvalue weighted by Gasteiger charge is -2.39. The van der Waals surface area contributed by atoms with Gasteiger partial charge in [-0.15, -0.1) is 13.2 Å². The molecule has 1 N–H and O–H groups in total. The highest BCUT2D eigenvalue weighted by molar-refractivity contribution is 6.03. The summed E-state index contributed by atoms with van der Waals surface area (Å²) >= 11 is 0. The van der Waals surface area contributed by atoms with Crippen molar-refractivity contribution in [1.82, 2.24) is 9.80 Å². The Morgan fingerprint density at radius 2 is 1.74 bits per heavy atom. The molecule has 3 fully saturated rings. The van der Waals surface area contributed by atoms with E-state index >= 15 is 0 Å². The standard InChI is InChI=1S/C38H49N3O6/c1-6-10-14-25-39(23-7-2)36(45)33-38-22-21-37(5,47-38)31(32(38)35(44)41(33)30(26-42)27-15-12-11-13-16-27)34(43)40(24-8-3)28-17-19-29(20-18-28)46-9-4/h7-8,11-13,15-20,30-33,42H,2-3,6,9-10,14,21-26H2,1,4-5H3/t30-,31+,32+,33?,37-,38?/m1/s1. The number of likely N-dealkylation sites (tertiary alicyclic amines) is 1. The van der Waals surface area contributed by atoms with E-state index in [0.717, 1.165) is 19.3 Å².